The van der Waals surface area contributed by atoms with Crippen molar-refractivity contribution in [2.24, 2.45) is 0 Å². The minimum absolute atomic E-state index is 0.615. The molecule has 0 spiro atoms. The van der Waals surface area contributed by atoms with Crippen molar-refractivity contribution in [3.63, 3.8) is 0 Å². The van der Waals surface area contributed by atoms with E-state index < -0.39 is 0 Å². The Balaban J connectivity index is 1.24. The number of hydrogen-bond donors (Lipinski definition) is 0. The van der Waals surface area contributed by atoms with Crippen molar-refractivity contribution in [3.8, 4) is 56.4 Å². The van der Waals surface area contributed by atoms with Crippen LogP contribution in [0, 0.1) is 6.92 Å². The van der Waals surface area contributed by atoms with Gasteiger partial charge >= 0.3 is 0 Å². The fourth-order valence-corrected chi connectivity index (χ4v) is 5.60. The van der Waals surface area contributed by atoms with Gasteiger partial charge in [0.1, 0.15) is 0 Å². The first-order valence-corrected chi connectivity index (χ1v) is 14.9. The highest BCUT2D eigenvalue weighted by Gasteiger charge is 2.14. The number of hydrogen-bond acceptors (Lipinski definition) is 5. The average Bonchev–Trinajstić information content (AvgIpc) is 3.11. The Morgan fingerprint density at radius 3 is 1.31 bits per heavy atom. The maximum Gasteiger partial charge on any atom is 0.164 e. The summed E-state index contributed by atoms with van der Waals surface area (Å²) in [5, 5.41) is 2.21. The lowest BCUT2D eigenvalue weighted by Crippen LogP contribution is -2.00. The summed E-state index contributed by atoms with van der Waals surface area (Å²) < 4.78 is 0. The number of benzene rings is 5. The summed E-state index contributed by atoms with van der Waals surface area (Å²) in [5.41, 5.74) is 10.1. The number of rotatable bonds is 5. The highest BCUT2D eigenvalue weighted by molar-refractivity contribution is 5.85. The van der Waals surface area contributed by atoms with Gasteiger partial charge in [-0.3, -0.25) is 9.97 Å². The summed E-state index contributed by atoms with van der Waals surface area (Å²) in [7, 11) is 0. The van der Waals surface area contributed by atoms with Crippen LogP contribution in [0.1, 0.15) is 5.56 Å². The SMILES string of the molecule is Cc1ccc(-c2nc(-c3cccc(-c4cnc5ccccc5c4)c3)nc(-c3cccc(-c4cnc5ccccc5c4)c3)n2)cc1. The molecule has 0 unspecified atom stereocenters. The fourth-order valence-electron chi connectivity index (χ4n) is 5.60. The molecule has 0 amide bonds. The molecule has 0 saturated carbocycles. The van der Waals surface area contributed by atoms with Gasteiger partial charge in [0.05, 0.1) is 11.0 Å². The fraction of sp³-hybridized carbons (Fsp3) is 0.0250. The summed E-state index contributed by atoms with van der Waals surface area (Å²) in [5.74, 6) is 1.86. The van der Waals surface area contributed by atoms with Gasteiger partial charge < -0.3 is 0 Å². The molecular weight excluding hydrogens is 550 g/mol. The third-order valence-electron chi connectivity index (χ3n) is 8.03. The maximum atomic E-state index is 5.03. The van der Waals surface area contributed by atoms with E-state index in [0.717, 1.165) is 60.8 Å². The van der Waals surface area contributed by atoms with E-state index in [-0.39, 0.29) is 0 Å². The van der Waals surface area contributed by atoms with Crippen molar-refractivity contribution in [3.05, 3.63) is 151 Å². The molecule has 5 aromatic carbocycles. The predicted molar refractivity (Wildman–Crippen MR) is 182 cm³/mol. The van der Waals surface area contributed by atoms with Gasteiger partial charge in [0.25, 0.3) is 0 Å². The van der Waals surface area contributed by atoms with Crippen molar-refractivity contribution in [1.82, 2.24) is 24.9 Å². The van der Waals surface area contributed by atoms with Crippen LogP contribution in [0.15, 0.2) is 146 Å². The quantitative estimate of drug-likeness (QED) is 0.204. The second-order valence-electron chi connectivity index (χ2n) is 11.2. The smallest absolute Gasteiger partial charge is 0.164 e. The van der Waals surface area contributed by atoms with E-state index >= 15 is 0 Å². The molecule has 3 aromatic heterocycles. The van der Waals surface area contributed by atoms with E-state index in [1.807, 2.05) is 73.1 Å². The highest BCUT2D eigenvalue weighted by atomic mass is 15.0. The topological polar surface area (TPSA) is 64.5 Å². The second kappa shape index (κ2) is 11.2. The number of para-hydroxylation sites is 2. The summed E-state index contributed by atoms with van der Waals surface area (Å²) in [6, 6.07) is 45.6. The average molecular weight is 578 g/mol. The van der Waals surface area contributed by atoms with Gasteiger partial charge in [-0.2, -0.15) is 0 Å². The summed E-state index contributed by atoms with van der Waals surface area (Å²) in [6.07, 6.45) is 3.84. The number of aryl methyl sites for hydroxylation is 1. The molecule has 5 nitrogen and oxygen atoms in total. The molecular formula is C40H27N5. The van der Waals surface area contributed by atoms with Crippen molar-refractivity contribution >= 4 is 21.8 Å². The van der Waals surface area contributed by atoms with E-state index in [1.165, 1.54) is 5.56 Å². The molecule has 0 bridgehead atoms. The van der Waals surface area contributed by atoms with Crippen LogP contribution in [0.5, 0.6) is 0 Å². The van der Waals surface area contributed by atoms with E-state index in [4.69, 9.17) is 15.0 Å². The lowest BCUT2D eigenvalue weighted by molar-refractivity contribution is 1.07. The Labute approximate surface area is 261 Å². The third-order valence-corrected chi connectivity index (χ3v) is 8.03. The van der Waals surface area contributed by atoms with Crippen molar-refractivity contribution < 1.29 is 0 Å². The molecule has 8 rings (SSSR count). The zero-order valence-corrected chi connectivity index (χ0v) is 24.6. The highest BCUT2D eigenvalue weighted by Crippen LogP contribution is 2.31. The predicted octanol–water partition coefficient (Wildman–Crippen LogP) is 9.61. The van der Waals surface area contributed by atoms with E-state index in [1.54, 1.807) is 0 Å². The van der Waals surface area contributed by atoms with Crippen LogP contribution < -0.4 is 0 Å². The lowest BCUT2D eigenvalue weighted by atomic mass is 10.0. The molecule has 212 valence electrons. The van der Waals surface area contributed by atoms with Crippen molar-refractivity contribution in [2.45, 2.75) is 6.92 Å². The van der Waals surface area contributed by atoms with Gasteiger partial charge in [-0.1, -0.05) is 103 Å². The van der Waals surface area contributed by atoms with Crippen molar-refractivity contribution in [1.29, 1.82) is 0 Å². The van der Waals surface area contributed by atoms with E-state index in [2.05, 4.69) is 89.7 Å². The Bertz CT molecular complexity index is 2200. The molecule has 0 atom stereocenters. The molecule has 0 N–H and O–H groups in total. The molecule has 5 heteroatoms. The first-order valence-electron chi connectivity index (χ1n) is 14.9. The Morgan fingerprint density at radius 2 is 0.800 bits per heavy atom. The van der Waals surface area contributed by atoms with Gasteiger partial charge in [-0.25, -0.2) is 15.0 Å². The van der Waals surface area contributed by atoms with Gasteiger partial charge in [0, 0.05) is 51.0 Å². The van der Waals surface area contributed by atoms with E-state index in [0.29, 0.717) is 17.5 Å². The maximum absolute atomic E-state index is 5.03. The molecule has 45 heavy (non-hydrogen) atoms. The monoisotopic (exact) mass is 577 g/mol. The molecule has 0 aliphatic carbocycles. The first kappa shape index (κ1) is 26.5. The van der Waals surface area contributed by atoms with E-state index in [9.17, 15) is 0 Å². The Hall–Kier alpha value is -6.07. The number of fused-ring (bicyclic) bond motifs is 2. The van der Waals surface area contributed by atoms with Gasteiger partial charge in [0.2, 0.25) is 0 Å². The van der Waals surface area contributed by atoms with Gasteiger partial charge in [-0.15, -0.1) is 0 Å². The van der Waals surface area contributed by atoms with Gasteiger partial charge in [-0.05, 0) is 54.4 Å². The summed E-state index contributed by atoms with van der Waals surface area (Å²) in [4.78, 5) is 24.4. The third kappa shape index (κ3) is 5.32. The van der Waals surface area contributed by atoms with Gasteiger partial charge in [0.15, 0.2) is 17.5 Å². The van der Waals surface area contributed by atoms with Crippen LogP contribution in [-0.4, -0.2) is 24.9 Å². The molecule has 0 radical (unpaired) electrons. The second-order valence-corrected chi connectivity index (χ2v) is 11.2. The summed E-state index contributed by atoms with van der Waals surface area (Å²) >= 11 is 0. The normalized spacial score (nSPS) is 11.2. The van der Waals surface area contributed by atoms with Crippen LogP contribution in [-0.2, 0) is 0 Å². The van der Waals surface area contributed by atoms with Crippen LogP contribution in [0.25, 0.3) is 78.2 Å². The first-order chi connectivity index (χ1) is 22.2. The molecule has 0 saturated heterocycles. The standard InChI is InChI=1S/C40H27N5/c1-26-16-18-27(19-17-26)38-43-39(32-12-6-10-28(20-32)34-22-30-8-2-4-14-36(30)41-24-34)45-40(44-38)33-13-7-11-29(21-33)35-23-31-9-3-5-15-37(31)42-25-35/h2-25H,1H3. The molecule has 0 fully saturated rings. The molecule has 0 aliphatic heterocycles. The number of aromatic nitrogens is 5. The lowest BCUT2D eigenvalue weighted by Gasteiger charge is -2.11. The van der Waals surface area contributed by atoms with Crippen molar-refractivity contribution in [2.75, 3.05) is 0 Å². The molecule has 3 heterocycles. The Kier molecular flexibility index (Phi) is 6.61. The zero-order valence-electron chi connectivity index (χ0n) is 24.6. The minimum Gasteiger partial charge on any atom is -0.256 e. The number of nitrogens with zero attached hydrogens (tertiary/aromatic N) is 5. The number of pyridine rings is 2. The van der Waals surface area contributed by atoms with Crippen LogP contribution in [0.2, 0.25) is 0 Å². The summed E-state index contributed by atoms with van der Waals surface area (Å²) in [6.45, 7) is 2.08. The van der Waals surface area contributed by atoms with Crippen LogP contribution >= 0.6 is 0 Å². The van der Waals surface area contributed by atoms with Crippen LogP contribution in [0.3, 0.4) is 0 Å². The van der Waals surface area contributed by atoms with Crippen LogP contribution in [0.4, 0.5) is 0 Å². The Morgan fingerprint density at radius 1 is 0.356 bits per heavy atom. The minimum atomic E-state index is 0.615. The molecule has 8 aromatic rings. The molecule has 0 aliphatic rings. The largest absolute Gasteiger partial charge is 0.256 e. The zero-order chi connectivity index (χ0) is 30.2.